The first kappa shape index (κ1) is 12.6. The molecule has 2 N–H and O–H groups in total. The average molecular weight is 269 g/mol. The highest BCUT2D eigenvalue weighted by Crippen LogP contribution is 2.23. The van der Waals surface area contributed by atoms with Gasteiger partial charge in [0.25, 0.3) is 0 Å². The lowest BCUT2D eigenvalue weighted by Gasteiger charge is -2.17. The number of likely N-dealkylation sites (tertiary alicyclic amines) is 1. The van der Waals surface area contributed by atoms with Gasteiger partial charge in [0.15, 0.2) is 0 Å². The van der Waals surface area contributed by atoms with Gasteiger partial charge in [0, 0.05) is 37.3 Å². The molecule has 2 amide bonds. The molecule has 1 aromatic carbocycles. The van der Waals surface area contributed by atoms with E-state index in [1.807, 2.05) is 24.3 Å². The number of aromatic nitrogens is 1. The third-order valence-corrected chi connectivity index (χ3v) is 3.73. The van der Waals surface area contributed by atoms with Crippen LogP contribution in [0.2, 0.25) is 0 Å². The van der Waals surface area contributed by atoms with Crippen molar-refractivity contribution in [1.82, 2.24) is 9.88 Å². The predicted octanol–water partition coefficient (Wildman–Crippen LogP) is 1.07. The lowest BCUT2D eigenvalue weighted by Crippen LogP contribution is -2.28. The van der Waals surface area contributed by atoms with Crippen molar-refractivity contribution in [2.45, 2.75) is 13.0 Å². The fraction of sp³-hybridized carbons (Fsp3) is 0.267. The predicted molar refractivity (Wildman–Crippen MR) is 74.5 cm³/mol. The Hall–Kier alpha value is -2.43. The molecule has 5 nitrogen and oxygen atoms in total. The highest BCUT2D eigenvalue weighted by Gasteiger charge is 2.33. The largest absolute Gasteiger partial charge is 0.369 e. The number of carbonyl (C=O) groups is 2. The summed E-state index contributed by atoms with van der Waals surface area (Å²) in [7, 11) is 0. The number of nitrogens with zero attached hydrogens (tertiary/aromatic N) is 2. The van der Waals surface area contributed by atoms with Gasteiger partial charge in [0.1, 0.15) is 0 Å². The molecule has 0 spiro atoms. The van der Waals surface area contributed by atoms with E-state index in [0.717, 1.165) is 16.3 Å². The van der Waals surface area contributed by atoms with E-state index in [9.17, 15) is 9.59 Å². The number of nitrogens with two attached hydrogens (primary N) is 1. The van der Waals surface area contributed by atoms with Gasteiger partial charge in [-0.05, 0) is 10.9 Å². The molecule has 1 aromatic heterocycles. The van der Waals surface area contributed by atoms with Crippen LogP contribution in [0.15, 0.2) is 36.7 Å². The van der Waals surface area contributed by atoms with E-state index in [1.165, 1.54) is 0 Å². The maximum atomic E-state index is 11.9. The van der Waals surface area contributed by atoms with Gasteiger partial charge >= 0.3 is 0 Å². The van der Waals surface area contributed by atoms with Gasteiger partial charge in [-0.2, -0.15) is 0 Å². The minimum Gasteiger partial charge on any atom is -0.369 e. The zero-order valence-electron chi connectivity index (χ0n) is 11.0. The Balaban J connectivity index is 1.87. The van der Waals surface area contributed by atoms with Crippen molar-refractivity contribution in [3.63, 3.8) is 0 Å². The van der Waals surface area contributed by atoms with Crippen molar-refractivity contribution in [3.8, 4) is 0 Å². The number of fused-ring (bicyclic) bond motifs is 1. The van der Waals surface area contributed by atoms with Crippen molar-refractivity contribution in [1.29, 1.82) is 0 Å². The third kappa shape index (κ3) is 2.22. The Kier molecular flexibility index (Phi) is 3.10. The molecule has 2 heterocycles. The Morgan fingerprint density at radius 1 is 1.35 bits per heavy atom. The molecule has 1 atom stereocenters. The average Bonchev–Trinajstić information content (AvgIpc) is 2.81. The number of carbonyl (C=O) groups excluding carboxylic acids is 2. The van der Waals surface area contributed by atoms with Crippen LogP contribution in [-0.4, -0.2) is 28.2 Å². The van der Waals surface area contributed by atoms with E-state index in [1.54, 1.807) is 17.3 Å². The zero-order valence-corrected chi connectivity index (χ0v) is 11.0. The number of primary amides is 1. The third-order valence-electron chi connectivity index (χ3n) is 3.73. The number of rotatable bonds is 3. The van der Waals surface area contributed by atoms with Gasteiger partial charge in [-0.25, -0.2) is 0 Å². The summed E-state index contributed by atoms with van der Waals surface area (Å²) in [6.45, 7) is 0.869. The van der Waals surface area contributed by atoms with E-state index in [2.05, 4.69) is 4.98 Å². The lowest BCUT2D eigenvalue weighted by molar-refractivity contribution is -0.128. The maximum absolute atomic E-state index is 11.9. The summed E-state index contributed by atoms with van der Waals surface area (Å²) < 4.78 is 0. The van der Waals surface area contributed by atoms with Crippen LogP contribution < -0.4 is 5.73 Å². The smallest absolute Gasteiger partial charge is 0.223 e. The second-order valence-electron chi connectivity index (χ2n) is 5.10. The molecule has 1 aliphatic rings. The van der Waals surface area contributed by atoms with Crippen LogP contribution in [0.25, 0.3) is 10.8 Å². The molecule has 102 valence electrons. The van der Waals surface area contributed by atoms with Crippen molar-refractivity contribution in [3.05, 3.63) is 42.2 Å². The van der Waals surface area contributed by atoms with Crippen molar-refractivity contribution < 1.29 is 9.59 Å². The van der Waals surface area contributed by atoms with Gasteiger partial charge in [-0.3, -0.25) is 14.6 Å². The topological polar surface area (TPSA) is 76.3 Å². The summed E-state index contributed by atoms with van der Waals surface area (Å²) in [5, 5.41) is 2.13. The molecule has 1 aliphatic heterocycles. The minimum absolute atomic E-state index is 0.0262. The van der Waals surface area contributed by atoms with Gasteiger partial charge in [-0.1, -0.05) is 24.3 Å². The SMILES string of the molecule is NC(=O)C1CC(=O)N(Cc2cncc3ccccc23)C1. The number of hydrogen-bond acceptors (Lipinski definition) is 3. The molecular weight excluding hydrogens is 254 g/mol. The Labute approximate surface area is 116 Å². The lowest BCUT2D eigenvalue weighted by atomic mass is 10.1. The fourth-order valence-corrected chi connectivity index (χ4v) is 2.63. The summed E-state index contributed by atoms with van der Waals surface area (Å²) in [4.78, 5) is 29.0. The first-order chi connectivity index (χ1) is 9.65. The molecule has 1 unspecified atom stereocenters. The van der Waals surface area contributed by atoms with Gasteiger partial charge in [0.05, 0.1) is 5.92 Å². The molecule has 3 rings (SSSR count). The van der Waals surface area contributed by atoms with Crippen LogP contribution in [0.3, 0.4) is 0 Å². The summed E-state index contributed by atoms with van der Waals surface area (Å²) in [6, 6.07) is 7.92. The fourth-order valence-electron chi connectivity index (χ4n) is 2.63. The van der Waals surface area contributed by atoms with Crippen LogP contribution in [0.1, 0.15) is 12.0 Å². The van der Waals surface area contributed by atoms with E-state index >= 15 is 0 Å². The van der Waals surface area contributed by atoms with Crippen LogP contribution in [0.4, 0.5) is 0 Å². The molecule has 0 saturated carbocycles. The number of amides is 2. The molecule has 20 heavy (non-hydrogen) atoms. The number of benzene rings is 1. The molecule has 2 aromatic rings. The quantitative estimate of drug-likeness (QED) is 0.905. The second-order valence-corrected chi connectivity index (χ2v) is 5.10. The summed E-state index contributed by atoms with van der Waals surface area (Å²) in [6.07, 6.45) is 3.79. The highest BCUT2D eigenvalue weighted by molar-refractivity contribution is 5.89. The molecule has 0 radical (unpaired) electrons. The molecule has 0 bridgehead atoms. The van der Waals surface area contributed by atoms with Crippen LogP contribution >= 0.6 is 0 Å². The van der Waals surface area contributed by atoms with Crippen molar-refractivity contribution in [2.24, 2.45) is 11.7 Å². The van der Waals surface area contributed by atoms with E-state index < -0.39 is 5.91 Å². The molecule has 1 fully saturated rings. The van der Waals surface area contributed by atoms with Crippen LogP contribution in [0.5, 0.6) is 0 Å². The van der Waals surface area contributed by atoms with Crippen molar-refractivity contribution >= 4 is 22.6 Å². The van der Waals surface area contributed by atoms with E-state index in [-0.39, 0.29) is 18.2 Å². The molecular formula is C15H15N3O2. The second kappa shape index (κ2) is 4.92. The molecule has 0 aliphatic carbocycles. The first-order valence-electron chi connectivity index (χ1n) is 6.54. The van der Waals surface area contributed by atoms with Gasteiger partial charge in [0.2, 0.25) is 11.8 Å². The van der Waals surface area contributed by atoms with Gasteiger partial charge < -0.3 is 10.6 Å². The van der Waals surface area contributed by atoms with E-state index in [0.29, 0.717) is 13.1 Å². The Morgan fingerprint density at radius 2 is 2.15 bits per heavy atom. The minimum atomic E-state index is -0.406. The first-order valence-corrected chi connectivity index (χ1v) is 6.54. The van der Waals surface area contributed by atoms with Gasteiger partial charge in [-0.15, -0.1) is 0 Å². The Morgan fingerprint density at radius 3 is 2.90 bits per heavy atom. The Bertz CT molecular complexity index is 678. The van der Waals surface area contributed by atoms with Crippen molar-refractivity contribution in [2.75, 3.05) is 6.54 Å². The van der Waals surface area contributed by atoms with Crippen LogP contribution in [0, 0.1) is 5.92 Å². The van der Waals surface area contributed by atoms with E-state index in [4.69, 9.17) is 5.73 Å². The zero-order chi connectivity index (χ0) is 14.1. The number of hydrogen-bond donors (Lipinski definition) is 1. The monoisotopic (exact) mass is 269 g/mol. The summed E-state index contributed by atoms with van der Waals surface area (Å²) in [5.41, 5.74) is 6.26. The normalized spacial score (nSPS) is 18.7. The summed E-state index contributed by atoms with van der Waals surface area (Å²) >= 11 is 0. The number of pyridine rings is 1. The van der Waals surface area contributed by atoms with Crippen LogP contribution in [-0.2, 0) is 16.1 Å². The summed E-state index contributed by atoms with van der Waals surface area (Å²) in [5.74, 6) is -0.802. The maximum Gasteiger partial charge on any atom is 0.223 e. The standard InChI is InChI=1S/C15H15N3O2/c16-15(20)11-5-14(19)18(8-11)9-12-7-17-6-10-3-1-2-4-13(10)12/h1-4,6-7,11H,5,8-9H2,(H2,16,20). The molecule has 5 heteroatoms. The highest BCUT2D eigenvalue weighted by atomic mass is 16.2. The molecule has 1 saturated heterocycles.